The fourth-order valence-electron chi connectivity index (χ4n) is 1.03. The smallest absolute Gasteiger partial charge is 0.303 e. The van der Waals surface area contributed by atoms with Crippen LogP contribution in [0.25, 0.3) is 0 Å². The van der Waals surface area contributed by atoms with Crippen molar-refractivity contribution in [2.75, 3.05) is 6.54 Å². The summed E-state index contributed by atoms with van der Waals surface area (Å²) in [4.78, 5) is 10.1. The summed E-state index contributed by atoms with van der Waals surface area (Å²) in [6.07, 6.45) is 9.32. The van der Waals surface area contributed by atoms with Gasteiger partial charge in [0.2, 0.25) is 0 Å². The first-order valence-corrected chi connectivity index (χ1v) is 4.84. The average Bonchev–Trinajstić information content (AvgIpc) is 2.09. The van der Waals surface area contributed by atoms with Crippen molar-refractivity contribution in [3.05, 3.63) is 12.2 Å². The molecule has 76 valence electrons. The van der Waals surface area contributed by atoms with Crippen molar-refractivity contribution in [2.45, 2.75) is 38.5 Å². The largest absolute Gasteiger partial charge is 0.481 e. The Morgan fingerprint density at radius 1 is 1.15 bits per heavy atom. The number of unbranched alkanes of at least 4 members (excludes halogenated alkanes) is 3. The molecule has 0 aliphatic carbocycles. The number of carboxylic acid groups (broad SMARTS) is 1. The van der Waals surface area contributed by atoms with Crippen LogP contribution in [-0.4, -0.2) is 17.6 Å². The van der Waals surface area contributed by atoms with Gasteiger partial charge >= 0.3 is 5.97 Å². The molecule has 0 fully saturated rings. The zero-order chi connectivity index (χ0) is 9.94. The Kier molecular flexibility index (Phi) is 8.67. The molecule has 0 heterocycles. The Morgan fingerprint density at radius 2 is 1.85 bits per heavy atom. The van der Waals surface area contributed by atoms with E-state index in [1.165, 1.54) is 6.42 Å². The minimum Gasteiger partial charge on any atom is -0.481 e. The van der Waals surface area contributed by atoms with Gasteiger partial charge in [0.25, 0.3) is 0 Å². The van der Waals surface area contributed by atoms with Gasteiger partial charge in [-0.3, -0.25) is 4.79 Å². The minimum absolute atomic E-state index is 0.235. The topological polar surface area (TPSA) is 63.3 Å². The van der Waals surface area contributed by atoms with Crippen molar-refractivity contribution < 1.29 is 9.90 Å². The lowest BCUT2D eigenvalue weighted by atomic mass is 10.2. The number of allylic oxidation sites excluding steroid dienone is 2. The van der Waals surface area contributed by atoms with Gasteiger partial charge in [-0.05, 0) is 32.2 Å². The van der Waals surface area contributed by atoms with E-state index in [1.54, 1.807) is 0 Å². The molecule has 0 aromatic heterocycles. The maximum atomic E-state index is 10.1. The van der Waals surface area contributed by atoms with Crippen molar-refractivity contribution in [2.24, 2.45) is 5.73 Å². The van der Waals surface area contributed by atoms with E-state index in [-0.39, 0.29) is 6.42 Å². The quantitative estimate of drug-likeness (QED) is 0.448. The van der Waals surface area contributed by atoms with Crippen molar-refractivity contribution in [3.8, 4) is 0 Å². The number of hydrogen-bond acceptors (Lipinski definition) is 2. The van der Waals surface area contributed by atoms with E-state index < -0.39 is 5.97 Å². The minimum atomic E-state index is -0.729. The molecule has 0 aliphatic rings. The first-order chi connectivity index (χ1) is 6.27. The van der Waals surface area contributed by atoms with Gasteiger partial charge in [0.05, 0.1) is 0 Å². The molecular weight excluding hydrogens is 166 g/mol. The fourth-order valence-corrected chi connectivity index (χ4v) is 1.03. The van der Waals surface area contributed by atoms with Crippen LogP contribution in [0.3, 0.4) is 0 Å². The predicted molar refractivity (Wildman–Crippen MR) is 53.5 cm³/mol. The normalized spacial score (nSPS) is 10.8. The Morgan fingerprint density at radius 3 is 2.46 bits per heavy atom. The lowest BCUT2D eigenvalue weighted by Gasteiger charge is -1.93. The summed E-state index contributed by atoms with van der Waals surface area (Å²) >= 11 is 0. The SMILES string of the molecule is NCCCCCC=CCCC(=O)O. The number of nitrogens with two attached hydrogens (primary N) is 1. The summed E-state index contributed by atoms with van der Waals surface area (Å²) in [6.45, 7) is 0.767. The van der Waals surface area contributed by atoms with Gasteiger partial charge in [-0.15, -0.1) is 0 Å². The molecule has 3 nitrogen and oxygen atoms in total. The summed E-state index contributed by atoms with van der Waals surface area (Å²) in [6, 6.07) is 0. The number of hydrogen-bond donors (Lipinski definition) is 2. The second-order valence-electron chi connectivity index (χ2n) is 3.04. The molecule has 0 spiro atoms. The van der Waals surface area contributed by atoms with Crippen LogP contribution in [0.5, 0.6) is 0 Å². The van der Waals surface area contributed by atoms with E-state index in [4.69, 9.17) is 10.8 Å². The summed E-state index contributed by atoms with van der Waals surface area (Å²) in [7, 11) is 0. The molecule has 0 bridgehead atoms. The number of carbonyl (C=O) groups is 1. The Hall–Kier alpha value is -0.830. The fraction of sp³-hybridized carbons (Fsp3) is 0.700. The van der Waals surface area contributed by atoms with Gasteiger partial charge in [-0.25, -0.2) is 0 Å². The van der Waals surface area contributed by atoms with E-state index in [2.05, 4.69) is 6.08 Å². The lowest BCUT2D eigenvalue weighted by Crippen LogP contribution is -1.97. The lowest BCUT2D eigenvalue weighted by molar-refractivity contribution is -0.136. The zero-order valence-electron chi connectivity index (χ0n) is 8.04. The van der Waals surface area contributed by atoms with Gasteiger partial charge in [0, 0.05) is 6.42 Å². The van der Waals surface area contributed by atoms with Gasteiger partial charge in [0.1, 0.15) is 0 Å². The second-order valence-corrected chi connectivity index (χ2v) is 3.04. The molecule has 3 N–H and O–H groups in total. The summed E-state index contributed by atoms with van der Waals surface area (Å²) in [5.74, 6) is -0.729. The van der Waals surface area contributed by atoms with Crippen LogP contribution in [0.4, 0.5) is 0 Å². The standard InChI is InChI=1S/C10H19NO2/c11-9-7-5-3-1-2-4-6-8-10(12)13/h2,4H,1,3,5-9,11H2,(H,12,13). The van der Waals surface area contributed by atoms with Crippen molar-refractivity contribution in [1.29, 1.82) is 0 Å². The third-order valence-corrected chi connectivity index (χ3v) is 1.77. The molecule has 0 aromatic rings. The maximum Gasteiger partial charge on any atom is 0.303 e. The van der Waals surface area contributed by atoms with Crippen LogP contribution in [-0.2, 0) is 4.79 Å². The molecular formula is C10H19NO2. The van der Waals surface area contributed by atoms with Gasteiger partial charge in [-0.1, -0.05) is 18.6 Å². The molecule has 0 aliphatic heterocycles. The molecule has 3 heteroatoms. The van der Waals surface area contributed by atoms with Gasteiger partial charge < -0.3 is 10.8 Å². The third-order valence-electron chi connectivity index (χ3n) is 1.77. The van der Waals surface area contributed by atoms with E-state index in [0.29, 0.717) is 6.42 Å². The van der Waals surface area contributed by atoms with Crippen molar-refractivity contribution >= 4 is 5.97 Å². The highest BCUT2D eigenvalue weighted by Crippen LogP contribution is 2.00. The maximum absolute atomic E-state index is 10.1. The molecule has 0 radical (unpaired) electrons. The molecule has 0 atom stereocenters. The zero-order valence-corrected chi connectivity index (χ0v) is 8.04. The second kappa shape index (κ2) is 9.26. The van der Waals surface area contributed by atoms with Crippen molar-refractivity contribution in [1.82, 2.24) is 0 Å². The molecule has 0 aromatic carbocycles. The Balaban J connectivity index is 3.08. The van der Waals surface area contributed by atoms with Crippen LogP contribution in [0.1, 0.15) is 38.5 Å². The molecule has 0 rings (SSSR count). The Labute approximate surface area is 79.6 Å². The van der Waals surface area contributed by atoms with E-state index in [0.717, 1.165) is 25.8 Å². The number of aliphatic carboxylic acids is 1. The van der Waals surface area contributed by atoms with E-state index in [1.807, 2.05) is 6.08 Å². The van der Waals surface area contributed by atoms with Crippen molar-refractivity contribution in [3.63, 3.8) is 0 Å². The molecule has 0 saturated carbocycles. The predicted octanol–water partition coefficient (Wildman–Crippen LogP) is 1.93. The number of carboxylic acids is 1. The highest BCUT2D eigenvalue weighted by Gasteiger charge is 1.91. The third kappa shape index (κ3) is 11.2. The molecule has 0 unspecified atom stereocenters. The van der Waals surface area contributed by atoms with Gasteiger partial charge in [-0.2, -0.15) is 0 Å². The van der Waals surface area contributed by atoms with Crippen LogP contribution in [0.15, 0.2) is 12.2 Å². The van der Waals surface area contributed by atoms with Crippen LogP contribution >= 0.6 is 0 Å². The average molecular weight is 185 g/mol. The van der Waals surface area contributed by atoms with E-state index in [9.17, 15) is 4.79 Å². The molecule has 0 amide bonds. The Bertz CT molecular complexity index is 155. The van der Waals surface area contributed by atoms with E-state index >= 15 is 0 Å². The van der Waals surface area contributed by atoms with Crippen LogP contribution in [0.2, 0.25) is 0 Å². The summed E-state index contributed by atoms with van der Waals surface area (Å²) < 4.78 is 0. The molecule has 13 heavy (non-hydrogen) atoms. The summed E-state index contributed by atoms with van der Waals surface area (Å²) in [5.41, 5.74) is 5.34. The van der Waals surface area contributed by atoms with Gasteiger partial charge in [0.15, 0.2) is 0 Å². The summed E-state index contributed by atoms with van der Waals surface area (Å²) in [5, 5.41) is 8.34. The first kappa shape index (κ1) is 12.2. The first-order valence-electron chi connectivity index (χ1n) is 4.84. The highest BCUT2D eigenvalue weighted by atomic mass is 16.4. The van der Waals surface area contributed by atoms with Crippen LogP contribution < -0.4 is 5.73 Å². The monoisotopic (exact) mass is 185 g/mol. The number of rotatable bonds is 8. The highest BCUT2D eigenvalue weighted by molar-refractivity contribution is 5.66. The van der Waals surface area contributed by atoms with Crippen LogP contribution in [0, 0.1) is 0 Å². The molecule has 0 saturated heterocycles.